The van der Waals surface area contributed by atoms with Crippen LogP contribution in [0.2, 0.25) is 10.4 Å². The van der Waals surface area contributed by atoms with E-state index in [0.717, 1.165) is 0 Å². The molecule has 0 unspecified atom stereocenters. The number of imidazole rings is 1. The van der Waals surface area contributed by atoms with Crippen LogP contribution in [0, 0.1) is 5.92 Å². The summed E-state index contributed by atoms with van der Waals surface area (Å²) in [5.41, 5.74) is 0.818. The Morgan fingerprint density at radius 2 is 1.83 bits per heavy atom. The topological polar surface area (TPSA) is 96.2 Å². The molecule has 1 aliphatic rings. The first-order chi connectivity index (χ1) is 10.8. The fourth-order valence-electron chi connectivity index (χ4n) is 2.30. The fraction of sp³-hybridized carbons (Fsp3) is 0.462. The Hall–Kier alpha value is -0.294. The summed E-state index contributed by atoms with van der Waals surface area (Å²) in [6.07, 6.45) is 1.67. The molecule has 0 radical (unpaired) electrons. The molecule has 0 amide bonds. The van der Waals surface area contributed by atoms with Crippen molar-refractivity contribution in [2.75, 3.05) is 0 Å². The normalized spacial score (nSPS) is 17.3. The van der Waals surface area contributed by atoms with E-state index in [2.05, 4.69) is 15.0 Å². The van der Waals surface area contributed by atoms with Crippen molar-refractivity contribution in [2.24, 2.45) is 5.92 Å². The van der Waals surface area contributed by atoms with Crippen molar-refractivity contribution in [1.82, 2.24) is 19.5 Å². The molecule has 1 saturated heterocycles. The van der Waals surface area contributed by atoms with Crippen LogP contribution < -0.4 is 0 Å². The number of ether oxygens (including phenoxy) is 2. The van der Waals surface area contributed by atoms with Crippen LogP contribution in [0.4, 0.5) is 0 Å². The first kappa shape index (κ1) is 20.0. The van der Waals surface area contributed by atoms with Gasteiger partial charge in [0.25, 0.3) is 5.79 Å². The van der Waals surface area contributed by atoms with E-state index in [-0.39, 0.29) is 74.8 Å². The Bertz CT molecular complexity index is 791. The van der Waals surface area contributed by atoms with E-state index in [1.165, 1.54) is 20.2 Å². The van der Waals surface area contributed by atoms with Gasteiger partial charge in [-0.25, -0.2) is 9.97 Å². The molecule has 2 aromatic rings. The zero-order valence-corrected chi connectivity index (χ0v) is 13.8. The molecule has 1 aliphatic heterocycles. The number of nitrogens with zero attached hydrogens (tertiary/aromatic N) is 4. The molecular formula is C13H13Cl2KN4O4. The van der Waals surface area contributed by atoms with Crippen molar-refractivity contribution in [3.8, 4) is 0 Å². The molecule has 2 aromatic heterocycles. The third-order valence-corrected chi connectivity index (χ3v) is 3.75. The second-order valence-corrected chi connectivity index (χ2v) is 6.17. The van der Waals surface area contributed by atoms with Gasteiger partial charge in [-0.2, -0.15) is 4.98 Å². The summed E-state index contributed by atoms with van der Waals surface area (Å²) in [5, 5.41) is 0.125. The Morgan fingerprint density at radius 3 is 2.46 bits per heavy atom. The summed E-state index contributed by atoms with van der Waals surface area (Å²) in [5.74, 6) is -3.45. The fourth-order valence-corrected chi connectivity index (χ4v) is 2.72. The molecule has 8 nitrogen and oxygen atoms in total. The van der Waals surface area contributed by atoms with Crippen LogP contribution in [0.1, 0.15) is 20.3 Å². The van der Waals surface area contributed by atoms with Gasteiger partial charge < -0.3 is 14.0 Å². The minimum atomic E-state index is -1.24. The number of carbonyl (C=O) groups excluding carboxylic acids is 2. The Morgan fingerprint density at radius 1 is 1.21 bits per heavy atom. The molecule has 0 bridgehead atoms. The maximum atomic E-state index is 11.9. The van der Waals surface area contributed by atoms with Gasteiger partial charge >= 0.3 is 63.3 Å². The maximum absolute atomic E-state index is 11.9. The summed E-state index contributed by atoms with van der Waals surface area (Å²) < 4.78 is 11.8. The average molecular weight is 399 g/mol. The van der Waals surface area contributed by atoms with Gasteiger partial charge in [-0.05, 0) is 18.0 Å². The molecule has 3 rings (SSSR count). The second-order valence-electron chi connectivity index (χ2n) is 5.48. The summed E-state index contributed by atoms with van der Waals surface area (Å²) in [6, 6.07) is 0. The van der Waals surface area contributed by atoms with Crippen LogP contribution in [0.25, 0.3) is 11.2 Å². The molecule has 0 N–H and O–H groups in total. The molecule has 1 fully saturated rings. The molecule has 0 atom stereocenters. The predicted octanol–water partition coefficient (Wildman–Crippen LogP) is 1.33. The number of aromatic nitrogens is 4. The molecular weight excluding hydrogens is 386 g/mol. The third-order valence-electron chi connectivity index (χ3n) is 3.31. The summed E-state index contributed by atoms with van der Waals surface area (Å²) in [4.78, 5) is 35.8. The zero-order valence-electron chi connectivity index (χ0n) is 12.2. The quantitative estimate of drug-likeness (QED) is 0.253. The van der Waals surface area contributed by atoms with Gasteiger partial charge in [-0.3, -0.25) is 9.59 Å². The van der Waals surface area contributed by atoms with Crippen LogP contribution in [0.3, 0.4) is 0 Å². The van der Waals surface area contributed by atoms with E-state index < -0.39 is 23.6 Å². The molecule has 0 aromatic carbocycles. The van der Waals surface area contributed by atoms with Crippen LogP contribution in [0.5, 0.6) is 0 Å². The van der Waals surface area contributed by atoms with Gasteiger partial charge in [-0.15, -0.1) is 0 Å². The van der Waals surface area contributed by atoms with Crippen molar-refractivity contribution in [3.05, 3.63) is 16.8 Å². The van der Waals surface area contributed by atoms with E-state index in [0.29, 0.717) is 11.2 Å². The SMILES string of the molecule is CC1(C)OC(=O)C(CCn2cnc3c(Cl)nc(Cl)nc32)C(=O)O1.[KH]. The molecule has 3 heterocycles. The number of halogens is 2. The van der Waals surface area contributed by atoms with Crippen molar-refractivity contribution in [3.63, 3.8) is 0 Å². The molecule has 24 heavy (non-hydrogen) atoms. The minimum absolute atomic E-state index is 0. The third kappa shape index (κ3) is 4.09. The zero-order chi connectivity index (χ0) is 16.8. The Labute approximate surface area is 189 Å². The van der Waals surface area contributed by atoms with Crippen LogP contribution in [0.15, 0.2) is 6.33 Å². The number of hydrogen-bond donors (Lipinski definition) is 0. The van der Waals surface area contributed by atoms with Crippen molar-refractivity contribution in [2.45, 2.75) is 32.6 Å². The molecule has 0 spiro atoms. The number of esters is 2. The van der Waals surface area contributed by atoms with Crippen molar-refractivity contribution in [1.29, 1.82) is 0 Å². The molecule has 11 heteroatoms. The molecule has 124 valence electrons. The number of hydrogen-bond acceptors (Lipinski definition) is 7. The predicted molar refractivity (Wildman–Crippen MR) is 86.9 cm³/mol. The Balaban J connectivity index is 0.00000208. The number of cyclic esters (lactones) is 2. The van der Waals surface area contributed by atoms with Crippen molar-refractivity contribution >= 4 is 97.7 Å². The first-order valence-electron chi connectivity index (χ1n) is 6.76. The average Bonchev–Trinajstić information content (AvgIpc) is 2.79. The monoisotopic (exact) mass is 398 g/mol. The number of carbonyl (C=O) groups is 2. The first-order valence-corrected chi connectivity index (χ1v) is 7.52. The van der Waals surface area contributed by atoms with Crippen molar-refractivity contribution < 1.29 is 19.1 Å². The van der Waals surface area contributed by atoms with E-state index in [9.17, 15) is 9.59 Å². The summed E-state index contributed by atoms with van der Waals surface area (Å²) in [6.45, 7) is 3.29. The van der Waals surface area contributed by atoms with Crippen LogP contribution >= 0.6 is 23.2 Å². The molecule has 0 saturated carbocycles. The van der Waals surface area contributed by atoms with E-state index >= 15 is 0 Å². The molecule has 0 aliphatic carbocycles. The number of fused-ring (bicyclic) bond motifs is 1. The van der Waals surface area contributed by atoms with Gasteiger partial charge in [0.15, 0.2) is 16.7 Å². The van der Waals surface area contributed by atoms with Gasteiger partial charge in [0.2, 0.25) is 5.28 Å². The van der Waals surface area contributed by atoms with Crippen LogP contribution in [-0.4, -0.2) is 88.6 Å². The van der Waals surface area contributed by atoms with E-state index in [4.69, 9.17) is 32.7 Å². The van der Waals surface area contributed by atoms with E-state index in [1.54, 1.807) is 4.57 Å². The van der Waals surface area contributed by atoms with Gasteiger partial charge in [0.1, 0.15) is 5.52 Å². The van der Waals surface area contributed by atoms with E-state index in [1.807, 2.05) is 0 Å². The van der Waals surface area contributed by atoms with Gasteiger partial charge in [0.05, 0.1) is 6.33 Å². The number of aryl methyl sites for hydroxylation is 1. The number of rotatable bonds is 3. The standard InChI is InChI=1S/C13H12Cl2N4O4.K.H/c1-13(2)22-10(20)6(11(21)23-13)3-4-19-5-16-7-8(14)17-12(15)18-9(7)19;;/h5-6H,3-4H2,1-2H3;;. The Kier molecular flexibility index (Phi) is 6.28. The summed E-state index contributed by atoms with van der Waals surface area (Å²) in [7, 11) is 0. The van der Waals surface area contributed by atoms with Gasteiger partial charge in [0, 0.05) is 20.4 Å². The van der Waals surface area contributed by atoms with Gasteiger partial charge in [-0.1, -0.05) is 11.6 Å². The van der Waals surface area contributed by atoms with Crippen LogP contribution in [-0.2, 0) is 25.6 Å². The second kappa shape index (κ2) is 7.52. The summed E-state index contributed by atoms with van der Waals surface area (Å²) >= 11 is 11.7.